The van der Waals surface area contributed by atoms with Crippen molar-refractivity contribution in [3.8, 4) is 17.2 Å². The highest BCUT2D eigenvalue weighted by molar-refractivity contribution is 7.92. The number of anilines is 1. The van der Waals surface area contributed by atoms with Crippen LogP contribution < -0.4 is 19.2 Å². The summed E-state index contributed by atoms with van der Waals surface area (Å²) in [4.78, 5) is 13.0. The summed E-state index contributed by atoms with van der Waals surface area (Å²) >= 11 is 6.17. The fraction of sp³-hybridized carbons (Fsp3) is 0.172. The van der Waals surface area contributed by atoms with Crippen LogP contribution in [-0.2, 0) is 14.8 Å². The number of ether oxygens (including phenoxy) is 2. The van der Waals surface area contributed by atoms with Gasteiger partial charge in [0.1, 0.15) is 18.0 Å². The van der Waals surface area contributed by atoms with Gasteiger partial charge in [0.2, 0.25) is 0 Å². The van der Waals surface area contributed by atoms with E-state index >= 15 is 0 Å². The lowest BCUT2D eigenvalue weighted by Crippen LogP contribution is -2.39. The average molecular weight is 581 g/mol. The van der Waals surface area contributed by atoms with Gasteiger partial charge in [0.05, 0.1) is 31.0 Å². The predicted molar refractivity (Wildman–Crippen MR) is 157 cm³/mol. The fourth-order valence-electron chi connectivity index (χ4n) is 4.28. The summed E-state index contributed by atoms with van der Waals surface area (Å²) in [5, 5.41) is 4.72. The molecule has 1 aromatic heterocycles. The minimum atomic E-state index is -4.16. The number of hydrazone groups is 1. The predicted octanol–water partition coefficient (Wildman–Crippen LogP) is 5.11. The molecule has 0 fully saturated rings. The number of para-hydroxylation sites is 2. The first-order valence-corrected chi connectivity index (χ1v) is 14.0. The SMILES string of the molecule is COc1ccc(S(=O)(=O)N(CC(=O)N/N=C\c2cc(C)n(-c3cccc(Cl)c3)c2C)c2ccccc2OC)cc1. The summed E-state index contributed by atoms with van der Waals surface area (Å²) in [5.41, 5.74) is 6.21. The van der Waals surface area contributed by atoms with Gasteiger partial charge in [0.25, 0.3) is 15.9 Å². The highest BCUT2D eigenvalue weighted by atomic mass is 35.5. The standard InChI is InChI=1S/C29H29ClN4O5S/c1-20-16-22(21(2)34(20)24-9-7-8-23(30)17-24)18-31-32-29(35)19-33(27-10-5-6-11-28(27)39-4)40(36,37)26-14-12-25(38-3)13-15-26/h5-18H,19H2,1-4H3,(H,32,35)/b31-18-. The second-order valence-electron chi connectivity index (χ2n) is 8.79. The smallest absolute Gasteiger partial charge is 0.264 e. The second-order valence-corrected chi connectivity index (χ2v) is 11.1. The highest BCUT2D eigenvalue weighted by Crippen LogP contribution is 2.32. The first-order chi connectivity index (χ1) is 19.1. The highest BCUT2D eigenvalue weighted by Gasteiger charge is 2.29. The van der Waals surface area contributed by atoms with E-state index in [0.717, 1.165) is 26.9 Å². The van der Waals surface area contributed by atoms with Crippen molar-refractivity contribution in [3.05, 3.63) is 101 Å². The lowest BCUT2D eigenvalue weighted by molar-refractivity contribution is -0.119. The first-order valence-electron chi connectivity index (χ1n) is 12.2. The third-order valence-electron chi connectivity index (χ3n) is 6.22. The number of methoxy groups -OCH3 is 2. The fourth-order valence-corrected chi connectivity index (χ4v) is 5.90. The monoisotopic (exact) mass is 580 g/mol. The van der Waals surface area contributed by atoms with Crippen LogP contribution in [0.1, 0.15) is 17.0 Å². The number of aryl methyl sites for hydroxylation is 1. The molecule has 4 aromatic rings. The van der Waals surface area contributed by atoms with E-state index in [1.807, 2.05) is 42.7 Å². The molecule has 208 valence electrons. The van der Waals surface area contributed by atoms with E-state index in [9.17, 15) is 13.2 Å². The minimum Gasteiger partial charge on any atom is -0.497 e. The van der Waals surface area contributed by atoms with Gasteiger partial charge >= 0.3 is 0 Å². The molecule has 11 heteroatoms. The molecule has 0 aliphatic rings. The van der Waals surface area contributed by atoms with E-state index in [-0.39, 0.29) is 10.6 Å². The van der Waals surface area contributed by atoms with Crippen molar-refractivity contribution in [2.45, 2.75) is 18.7 Å². The molecule has 1 heterocycles. The van der Waals surface area contributed by atoms with Crippen molar-refractivity contribution >= 4 is 39.4 Å². The van der Waals surface area contributed by atoms with E-state index < -0.39 is 22.5 Å². The van der Waals surface area contributed by atoms with Gasteiger partial charge in [-0.15, -0.1) is 0 Å². The number of carbonyl (C=O) groups is 1. The number of amides is 1. The van der Waals surface area contributed by atoms with Crippen molar-refractivity contribution in [3.63, 3.8) is 0 Å². The van der Waals surface area contributed by atoms with E-state index in [2.05, 4.69) is 10.5 Å². The molecule has 9 nitrogen and oxygen atoms in total. The zero-order valence-electron chi connectivity index (χ0n) is 22.5. The van der Waals surface area contributed by atoms with Gasteiger partial charge in [0.15, 0.2) is 0 Å². The minimum absolute atomic E-state index is 0.0102. The Morgan fingerprint density at radius 1 is 1.00 bits per heavy atom. The Morgan fingerprint density at radius 3 is 2.40 bits per heavy atom. The Morgan fingerprint density at radius 2 is 1.73 bits per heavy atom. The second kappa shape index (κ2) is 12.3. The molecule has 1 N–H and O–H groups in total. The maximum absolute atomic E-state index is 13.7. The van der Waals surface area contributed by atoms with Crippen molar-refractivity contribution in [1.82, 2.24) is 9.99 Å². The number of benzene rings is 3. The Labute approximate surface area is 238 Å². The van der Waals surface area contributed by atoms with Crippen LogP contribution in [0.25, 0.3) is 5.69 Å². The molecule has 4 rings (SSSR count). The van der Waals surface area contributed by atoms with Gasteiger partial charge in [-0.3, -0.25) is 9.10 Å². The first kappa shape index (κ1) is 28.7. The van der Waals surface area contributed by atoms with Crippen LogP contribution in [0.5, 0.6) is 11.5 Å². The molecule has 0 bridgehead atoms. The summed E-state index contributed by atoms with van der Waals surface area (Å²) < 4.78 is 40.9. The molecule has 0 radical (unpaired) electrons. The number of carbonyl (C=O) groups excluding carboxylic acids is 1. The van der Waals surface area contributed by atoms with Gasteiger partial charge in [-0.1, -0.05) is 29.8 Å². The number of hydrogen-bond donors (Lipinski definition) is 1. The molecule has 0 spiro atoms. The Balaban J connectivity index is 1.58. The number of nitrogens with one attached hydrogen (secondary N) is 1. The van der Waals surface area contributed by atoms with E-state index in [4.69, 9.17) is 21.1 Å². The van der Waals surface area contributed by atoms with Crippen molar-refractivity contribution in [2.24, 2.45) is 5.10 Å². The summed E-state index contributed by atoms with van der Waals surface area (Å²) in [6, 6.07) is 21.9. The molecule has 0 aliphatic heterocycles. The lowest BCUT2D eigenvalue weighted by atomic mass is 10.2. The lowest BCUT2D eigenvalue weighted by Gasteiger charge is -2.25. The van der Waals surface area contributed by atoms with Crippen LogP contribution in [-0.4, -0.2) is 45.9 Å². The Kier molecular flexibility index (Phi) is 8.81. The van der Waals surface area contributed by atoms with Crippen molar-refractivity contribution < 1.29 is 22.7 Å². The van der Waals surface area contributed by atoms with E-state index in [1.54, 1.807) is 30.3 Å². The number of sulfonamides is 1. The molecule has 0 aliphatic carbocycles. The van der Waals surface area contributed by atoms with Crippen molar-refractivity contribution in [2.75, 3.05) is 25.1 Å². The van der Waals surface area contributed by atoms with Gasteiger partial charge in [-0.2, -0.15) is 5.10 Å². The topological polar surface area (TPSA) is 102 Å². The van der Waals surface area contributed by atoms with Gasteiger partial charge in [0, 0.05) is 27.7 Å². The number of halogens is 1. The molecule has 0 saturated heterocycles. The maximum Gasteiger partial charge on any atom is 0.264 e. The molecule has 3 aromatic carbocycles. The van der Waals surface area contributed by atoms with Gasteiger partial charge in [-0.05, 0) is 74.5 Å². The Bertz CT molecular complexity index is 1650. The number of aromatic nitrogens is 1. The van der Waals surface area contributed by atoms with Crippen LogP contribution in [0, 0.1) is 13.8 Å². The van der Waals surface area contributed by atoms with Crippen LogP contribution in [0.2, 0.25) is 5.02 Å². The van der Waals surface area contributed by atoms with Crippen LogP contribution in [0.15, 0.2) is 88.9 Å². The van der Waals surface area contributed by atoms with Crippen LogP contribution in [0.3, 0.4) is 0 Å². The zero-order chi connectivity index (χ0) is 28.9. The number of hydrogen-bond acceptors (Lipinski definition) is 6. The summed E-state index contributed by atoms with van der Waals surface area (Å²) in [5.74, 6) is 0.164. The van der Waals surface area contributed by atoms with Gasteiger partial charge in [-0.25, -0.2) is 13.8 Å². The molecular formula is C29H29ClN4O5S. The zero-order valence-corrected chi connectivity index (χ0v) is 24.0. The van der Waals surface area contributed by atoms with E-state index in [0.29, 0.717) is 16.5 Å². The Hall–Kier alpha value is -4.28. The average Bonchev–Trinajstić information content (AvgIpc) is 3.23. The third kappa shape index (κ3) is 6.13. The number of rotatable bonds is 10. The molecule has 1 amide bonds. The summed E-state index contributed by atoms with van der Waals surface area (Å²) in [7, 11) is -1.23. The van der Waals surface area contributed by atoms with Gasteiger partial charge < -0.3 is 14.0 Å². The normalized spacial score (nSPS) is 11.4. The summed E-state index contributed by atoms with van der Waals surface area (Å²) in [6.45, 7) is 3.36. The van der Waals surface area contributed by atoms with E-state index in [1.165, 1.54) is 44.7 Å². The largest absolute Gasteiger partial charge is 0.497 e. The third-order valence-corrected chi connectivity index (χ3v) is 8.23. The quantitative estimate of drug-likeness (QED) is 0.207. The summed E-state index contributed by atoms with van der Waals surface area (Å²) in [6.07, 6.45) is 1.52. The van der Waals surface area contributed by atoms with Crippen LogP contribution in [0.4, 0.5) is 5.69 Å². The van der Waals surface area contributed by atoms with Crippen molar-refractivity contribution in [1.29, 1.82) is 0 Å². The maximum atomic E-state index is 13.7. The molecule has 40 heavy (non-hydrogen) atoms. The molecule has 0 saturated carbocycles. The molecule has 0 atom stereocenters. The number of nitrogens with zero attached hydrogens (tertiary/aromatic N) is 3. The molecule has 0 unspecified atom stereocenters. The molecular weight excluding hydrogens is 552 g/mol. The van der Waals surface area contributed by atoms with Crippen LogP contribution >= 0.6 is 11.6 Å².